The SMILES string of the molecule is CCC(C)(C(=O)N(C)CCN(C)C)C(N)=S. The monoisotopic (exact) mass is 245 g/mol. The van der Waals surface area contributed by atoms with Crippen LogP contribution in [0.1, 0.15) is 20.3 Å². The summed E-state index contributed by atoms with van der Waals surface area (Å²) in [5.74, 6) is 0.00403. The molecule has 5 heteroatoms. The van der Waals surface area contributed by atoms with Crippen LogP contribution in [0, 0.1) is 5.41 Å². The summed E-state index contributed by atoms with van der Waals surface area (Å²) in [5, 5.41) is 0. The second-order valence-electron chi connectivity index (χ2n) is 4.58. The van der Waals surface area contributed by atoms with E-state index in [4.69, 9.17) is 18.0 Å². The van der Waals surface area contributed by atoms with Gasteiger partial charge in [-0.1, -0.05) is 19.1 Å². The van der Waals surface area contributed by atoms with E-state index in [0.29, 0.717) is 13.0 Å². The number of likely N-dealkylation sites (N-methyl/N-ethyl adjacent to an activating group) is 2. The third-order valence-electron chi connectivity index (χ3n) is 2.95. The molecule has 4 nitrogen and oxygen atoms in total. The summed E-state index contributed by atoms with van der Waals surface area (Å²) < 4.78 is 0. The van der Waals surface area contributed by atoms with Gasteiger partial charge < -0.3 is 15.5 Å². The Bertz CT molecular complexity index is 268. The molecule has 0 aliphatic rings. The van der Waals surface area contributed by atoms with Crippen LogP contribution in [0.3, 0.4) is 0 Å². The Balaban J connectivity index is 4.57. The van der Waals surface area contributed by atoms with Crippen molar-refractivity contribution in [1.29, 1.82) is 0 Å². The largest absolute Gasteiger partial charge is 0.392 e. The molecule has 1 amide bonds. The normalized spacial score (nSPS) is 14.6. The van der Waals surface area contributed by atoms with Gasteiger partial charge in [0.15, 0.2) is 0 Å². The summed E-state index contributed by atoms with van der Waals surface area (Å²) in [6, 6.07) is 0. The van der Waals surface area contributed by atoms with Crippen LogP contribution in [0.25, 0.3) is 0 Å². The highest BCUT2D eigenvalue weighted by molar-refractivity contribution is 7.80. The lowest BCUT2D eigenvalue weighted by Gasteiger charge is -2.31. The first-order chi connectivity index (χ1) is 7.25. The van der Waals surface area contributed by atoms with Gasteiger partial charge in [0, 0.05) is 20.1 Å². The fourth-order valence-corrected chi connectivity index (χ4v) is 1.54. The zero-order chi connectivity index (χ0) is 12.9. The first kappa shape index (κ1) is 15.3. The molecular weight excluding hydrogens is 222 g/mol. The predicted octanol–water partition coefficient (Wildman–Crippen LogP) is 0.709. The molecule has 2 N–H and O–H groups in total. The average molecular weight is 245 g/mol. The van der Waals surface area contributed by atoms with Gasteiger partial charge >= 0.3 is 0 Å². The number of nitrogens with zero attached hydrogens (tertiary/aromatic N) is 2. The zero-order valence-corrected chi connectivity index (χ0v) is 11.7. The maximum Gasteiger partial charge on any atom is 0.235 e. The van der Waals surface area contributed by atoms with Gasteiger partial charge in [0.05, 0.1) is 10.4 Å². The third-order valence-corrected chi connectivity index (χ3v) is 3.40. The molecular formula is C11H23N3OS. The van der Waals surface area contributed by atoms with E-state index < -0.39 is 5.41 Å². The maximum absolute atomic E-state index is 12.2. The summed E-state index contributed by atoms with van der Waals surface area (Å²) in [6.07, 6.45) is 0.632. The van der Waals surface area contributed by atoms with Crippen molar-refractivity contribution < 1.29 is 4.79 Å². The minimum Gasteiger partial charge on any atom is -0.392 e. The molecule has 0 fully saturated rings. The number of carbonyl (C=O) groups is 1. The molecule has 0 saturated heterocycles. The minimum absolute atomic E-state index is 0.00403. The van der Waals surface area contributed by atoms with Crippen LogP contribution in [0.2, 0.25) is 0 Å². The van der Waals surface area contributed by atoms with Gasteiger partial charge in [-0.25, -0.2) is 0 Å². The Morgan fingerprint density at radius 1 is 1.31 bits per heavy atom. The lowest BCUT2D eigenvalue weighted by atomic mass is 9.86. The molecule has 0 aliphatic heterocycles. The number of amides is 1. The topological polar surface area (TPSA) is 49.6 Å². The molecule has 0 heterocycles. The summed E-state index contributed by atoms with van der Waals surface area (Å²) in [7, 11) is 5.74. The Morgan fingerprint density at radius 3 is 2.12 bits per heavy atom. The number of hydrogen-bond acceptors (Lipinski definition) is 3. The van der Waals surface area contributed by atoms with E-state index in [1.54, 1.807) is 11.9 Å². The van der Waals surface area contributed by atoms with Crippen molar-refractivity contribution in [2.75, 3.05) is 34.2 Å². The van der Waals surface area contributed by atoms with E-state index >= 15 is 0 Å². The highest BCUT2D eigenvalue weighted by atomic mass is 32.1. The molecule has 1 atom stereocenters. The molecule has 0 rings (SSSR count). The van der Waals surface area contributed by atoms with Gasteiger partial charge in [-0.05, 0) is 27.4 Å². The lowest BCUT2D eigenvalue weighted by Crippen LogP contribution is -2.48. The molecule has 0 bridgehead atoms. The first-order valence-electron chi connectivity index (χ1n) is 5.46. The number of hydrogen-bond donors (Lipinski definition) is 1. The molecule has 16 heavy (non-hydrogen) atoms. The van der Waals surface area contributed by atoms with E-state index in [9.17, 15) is 4.79 Å². The van der Waals surface area contributed by atoms with E-state index in [-0.39, 0.29) is 10.9 Å². The highest BCUT2D eigenvalue weighted by Gasteiger charge is 2.36. The van der Waals surface area contributed by atoms with Crippen LogP contribution in [0.5, 0.6) is 0 Å². The van der Waals surface area contributed by atoms with Crippen LogP contribution >= 0.6 is 12.2 Å². The van der Waals surface area contributed by atoms with Crippen molar-refractivity contribution in [2.45, 2.75) is 20.3 Å². The fraction of sp³-hybridized carbons (Fsp3) is 0.818. The van der Waals surface area contributed by atoms with Crippen molar-refractivity contribution in [3.05, 3.63) is 0 Å². The van der Waals surface area contributed by atoms with Crippen molar-refractivity contribution in [1.82, 2.24) is 9.80 Å². The maximum atomic E-state index is 12.2. The molecule has 1 unspecified atom stereocenters. The molecule has 0 aromatic rings. The number of thiocarbonyl (C=S) groups is 1. The van der Waals surface area contributed by atoms with Crippen molar-refractivity contribution in [3.63, 3.8) is 0 Å². The highest BCUT2D eigenvalue weighted by Crippen LogP contribution is 2.24. The molecule has 0 aromatic heterocycles. The fourth-order valence-electron chi connectivity index (χ4n) is 1.30. The van der Waals surface area contributed by atoms with E-state index in [2.05, 4.69) is 0 Å². The predicted molar refractivity (Wildman–Crippen MR) is 71.4 cm³/mol. The van der Waals surface area contributed by atoms with Gasteiger partial charge in [0.25, 0.3) is 0 Å². The minimum atomic E-state index is -0.712. The van der Waals surface area contributed by atoms with Crippen molar-refractivity contribution in [2.24, 2.45) is 11.1 Å². The van der Waals surface area contributed by atoms with Gasteiger partial charge in [-0.2, -0.15) is 0 Å². The Morgan fingerprint density at radius 2 is 1.81 bits per heavy atom. The molecule has 0 aromatic carbocycles. The summed E-state index contributed by atoms with van der Waals surface area (Å²) in [4.78, 5) is 16.2. The molecule has 0 radical (unpaired) electrons. The first-order valence-corrected chi connectivity index (χ1v) is 5.86. The smallest absolute Gasteiger partial charge is 0.235 e. The van der Waals surface area contributed by atoms with Gasteiger partial charge in [-0.15, -0.1) is 0 Å². The molecule has 94 valence electrons. The van der Waals surface area contributed by atoms with E-state index in [0.717, 1.165) is 6.54 Å². The number of rotatable bonds is 6. The van der Waals surface area contributed by atoms with E-state index in [1.807, 2.05) is 32.8 Å². The zero-order valence-electron chi connectivity index (χ0n) is 10.9. The second-order valence-corrected chi connectivity index (χ2v) is 5.02. The van der Waals surface area contributed by atoms with E-state index in [1.165, 1.54) is 0 Å². The second kappa shape index (κ2) is 6.15. The van der Waals surface area contributed by atoms with Crippen molar-refractivity contribution >= 4 is 23.1 Å². The quantitative estimate of drug-likeness (QED) is 0.700. The summed E-state index contributed by atoms with van der Waals surface area (Å²) in [5.41, 5.74) is 4.94. The summed E-state index contributed by atoms with van der Waals surface area (Å²) >= 11 is 4.98. The average Bonchev–Trinajstić information content (AvgIpc) is 2.23. The lowest BCUT2D eigenvalue weighted by molar-refractivity contribution is -0.136. The Labute approximate surface area is 104 Å². The van der Waals surface area contributed by atoms with Gasteiger partial charge in [0.1, 0.15) is 0 Å². The van der Waals surface area contributed by atoms with Crippen molar-refractivity contribution in [3.8, 4) is 0 Å². The molecule has 0 spiro atoms. The van der Waals surface area contributed by atoms with Crippen LogP contribution in [0.15, 0.2) is 0 Å². The third kappa shape index (κ3) is 3.72. The molecule has 0 aliphatic carbocycles. The van der Waals surface area contributed by atoms with Crippen LogP contribution < -0.4 is 5.73 Å². The Hall–Kier alpha value is -0.680. The van der Waals surface area contributed by atoms with Gasteiger partial charge in [0.2, 0.25) is 5.91 Å². The standard InChI is InChI=1S/C11H23N3OS/c1-6-11(2,9(12)16)10(15)14(5)8-7-13(3)4/h6-8H2,1-5H3,(H2,12,16). The van der Waals surface area contributed by atoms with Crippen LogP contribution in [0.4, 0.5) is 0 Å². The summed E-state index contributed by atoms with van der Waals surface area (Å²) in [6.45, 7) is 5.25. The van der Waals surface area contributed by atoms with Gasteiger partial charge in [-0.3, -0.25) is 4.79 Å². The number of carbonyl (C=O) groups excluding carboxylic acids is 1. The molecule has 0 saturated carbocycles. The van der Waals surface area contributed by atoms with Crippen LogP contribution in [-0.4, -0.2) is 54.9 Å². The Kier molecular flexibility index (Phi) is 5.89. The number of nitrogens with two attached hydrogens (primary N) is 1. The van der Waals surface area contributed by atoms with Crippen LogP contribution in [-0.2, 0) is 4.79 Å².